The molecule has 0 heterocycles. The monoisotopic (exact) mass is 341 g/mol. The summed E-state index contributed by atoms with van der Waals surface area (Å²) in [6, 6.07) is 18.8. The van der Waals surface area contributed by atoms with E-state index >= 15 is 0 Å². The van der Waals surface area contributed by atoms with E-state index in [0.717, 1.165) is 12.8 Å². The van der Waals surface area contributed by atoms with E-state index in [-0.39, 0.29) is 17.8 Å². The predicted octanol–water partition coefficient (Wildman–Crippen LogP) is 2.81. The van der Waals surface area contributed by atoms with Crippen molar-refractivity contribution in [3.8, 4) is 0 Å². The molecule has 0 aliphatic heterocycles. The Morgan fingerprint density at radius 1 is 0.880 bits per heavy atom. The lowest BCUT2D eigenvalue weighted by Crippen LogP contribution is -2.43. The number of aliphatic hydroxyl groups is 1. The SMILES string of the molecule is N[C@@H]1CCCC[C@H]1N.O/N=C(\c1ccccc1)[C@H](O)c1ccccc1. The smallest absolute Gasteiger partial charge is 0.125 e. The van der Waals surface area contributed by atoms with E-state index in [1.54, 1.807) is 24.3 Å². The van der Waals surface area contributed by atoms with E-state index in [0.29, 0.717) is 11.1 Å². The minimum absolute atomic E-state index is 0.247. The maximum absolute atomic E-state index is 10.1. The molecule has 0 saturated heterocycles. The fraction of sp³-hybridized carbons (Fsp3) is 0.350. The van der Waals surface area contributed by atoms with Crippen LogP contribution in [0.25, 0.3) is 0 Å². The molecule has 0 amide bonds. The van der Waals surface area contributed by atoms with Crippen LogP contribution in [0.3, 0.4) is 0 Å². The first-order chi connectivity index (χ1) is 12.1. The molecule has 25 heavy (non-hydrogen) atoms. The first-order valence-corrected chi connectivity index (χ1v) is 8.65. The summed E-state index contributed by atoms with van der Waals surface area (Å²) >= 11 is 0. The van der Waals surface area contributed by atoms with Gasteiger partial charge >= 0.3 is 0 Å². The molecule has 6 N–H and O–H groups in total. The Kier molecular flexibility index (Phi) is 7.60. The topological polar surface area (TPSA) is 105 Å². The van der Waals surface area contributed by atoms with Crippen molar-refractivity contribution in [3.63, 3.8) is 0 Å². The van der Waals surface area contributed by atoms with Crippen LogP contribution in [0.4, 0.5) is 0 Å². The van der Waals surface area contributed by atoms with E-state index in [1.165, 1.54) is 12.8 Å². The molecule has 5 heteroatoms. The Morgan fingerprint density at radius 3 is 1.80 bits per heavy atom. The lowest BCUT2D eigenvalue weighted by molar-refractivity contribution is 0.235. The standard InChI is InChI=1S/C14H13NO2.C6H14N2/c16-14(12-9-5-2-6-10-12)13(15-17)11-7-3-1-4-8-11;7-5-3-1-2-4-6(5)8/h1-10,14,16-17H;5-6H,1-4,7-8H2/b15-13+;/t14-;5-,6-/m11/s1. The average Bonchev–Trinajstić information content (AvgIpc) is 2.67. The highest BCUT2D eigenvalue weighted by Gasteiger charge is 2.17. The number of hydrogen-bond acceptors (Lipinski definition) is 5. The number of oxime groups is 1. The van der Waals surface area contributed by atoms with Gasteiger partial charge in [-0.1, -0.05) is 78.7 Å². The van der Waals surface area contributed by atoms with E-state index in [9.17, 15) is 5.11 Å². The van der Waals surface area contributed by atoms with Crippen LogP contribution in [0.5, 0.6) is 0 Å². The van der Waals surface area contributed by atoms with E-state index in [1.807, 2.05) is 36.4 Å². The van der Waals surface area contributed by atoms with Gasteiger partial charge in [-0.05, 0) is 18.4 Å². The molecule has 0 radical (unpaired) electrons. The van der Waals surface area contributed by atoms with Crippen molar-refractivity contribution in [1.82, 2.24) is 0 Å². The van der Waals surface area contributed by atoms with Crippen LogP contribution in [-0.2, 0) is 0 Å². The summed E-state index contributed by atoms with van der Waals surface area (Å²) in [7, 11) is 0. The van der Waals surface area contributed by atoms with Crippen LogP contribution in [0.2, 0.25) is 0 Å². The van der Waals surface area contributed by atoms with Crippen LogP contribution in [0, 0.1) is 0 Å². The zero-order chi connectivity index (χ0) is 18.1. The zero-order valence-electron chi connectivity index (χ0n) is 14.3. The van der Waals surface area contributed by atoms with Crippen LogP contribution in [0.15, 0.2) is 65.8 Å². The molecule has 1 aliphatic carbocycles. The molecule has 0 unspecified atom stereocenters. The van der Waals surface area contributed by atoms with Gasteiger partial charge in [0, 0.05) is 17.6 Å². The van der Waals surface area contributed by atoms with Crippen LogP contribution < -0.4 is 11.5 Å². The Bertz CT molecular complexity index is 637. The fourth-order valence-corrected chi connectivity index (χ4v) is 2.86. The highest BCUT2D eigenvalue weighted by molar-refractivity contribution is 6.03. The third kappa shape index (κ3) is 5.67. The van der Waals surface area contributed by atoms with E-state index < -0.39 is 6.10 Å². The summed E-state index contributed by atoms with van der Waals surface area (Å²) in [5.41, 5.74) is 13.0. The second kappa shape index (κ2) is 9.93. The maximum Gasteiger partial charge on any atom is 0.125 e. The van der Waals surface area contributed by atoms with Crippen molar-refractivity contribution >= 4 is 5.71 Å². The van der Waals surface area contributed by atoms with Gasteiger partial charge in [0.05, 0.1) is 0 Å². The Hall–Kier alpha value is -2.21. The van der Waals surface area contributed by atoms with Crippen LogP contribution in [0.1, 0.15) is 42.9 Å². The lowest BCUT2D eigenvalue weighted by atomic mass is 9.92. The van der Waals surface area contributed by atoms with Crippen molar-refractivity contribution in [2.75, 3.05) is 0 Å². The van der Waals surface area contributed by atoms with Gasteiger partial charge in [0.25, 0.3) is 0 Å². The molecule has 1 saturated carbocycles. The maximum atomic E-state index is 10.1. The highest BCUT2D eigenvalue weighted by Crippen LogP contribution is 2.18. The molecule has 3 atom stereocenters. The highest BCUT2D eigenvalue weighted by atomic mass is 16.4. The number of aliphatic hydroxyl groups excluding tert-OH is 1. The summed E-state index contributed by atoms with van der Waals surface area (Å²) in [5, 5.41) is 22.4. The lowest BCUT2D eigenvalue weighted by Gasteiger charge is -2.24. The summed E-state index contributed by atoms with van der Waals surface area (Å²) in [4.78, 5) is 0. The molecule has 0 spiro atoms. The van der Waals surface area contributed by atoms with Gasteiger partial charge in [0.2, 0.25) is 0 Å². The quantitative estimate of drug-likeness (QED) is 0.391. The van der Waals surface area contributed by atoms with Crippen LogP contribution >= 0.6 is 0 Å². The molecule has 5 nitrogen and oxygen atoms in total. The van der Waals surface area contributed by atoms with Crippen molar-refractivity contribution in [2.24, 2.45) is 16.6 Å². The summed E-state index contributed by atoms with van der Waals surface area (Å²) in [6.45, 7) is 0. The molecule has 2 aromatic rings. The van der Waals surface area contributed by atoms with Gasteiger partial charge in [-0.25, -0.2) is 0 Å². The summed E-state index contributed by atoms with van der Waals surface area (Å²) < 4.78 is 0. The number of nitrogens with zero attached hydrogens (tertiary/aromatic N) is 1. The molecular formula is C20H27N3O2. The van der Waals surface area contributed by atoms with Crippen LogP contribution in [-0.4, -0.2) is 28.1 Å². The number of nitrogens with two attached hydrogens (primary N) is 2. The Morgan fingerprint density at radius 2 is 1.36 bits per heavy atom. The average molecular weight is 341 g/mol. The second-order valence-electron chi connectivity index (χ2n) is 6.28. The van der Waals surface area contributed by atoms with Gasteiger partial charge in [-0.15, -0.1) is 0 Å². The molecule has 134 valence electrons. The zero-order valence-corrected chi connectivity index (χ0v) is 14.3. The van der Waals surface area contributed by atoms with Gasteiger partial charge in [0.1, 0.15) is 11.8 Å². The van der Waals surface area contributed by atoms with Gasteiger partial charge in [-0.3, -0.25) is 0 Å². The molecule has 0 aromatic heterocycles. The molecule has 1 aliphatic rings. The van der Waals surface area contributed by atoms with Crippen molar-refractivity contribution < 1.29 is 10.3 Å². The third-order valence-corrected chi connectivity index (χ3v) is 4.43. The molecule has 3 rings (SSSR count). The predicted molar refractivity (Wildman–Crippen MR) is 101 cm³/mol. The number of benzene rings is 2. The van der Waals surface area contributed by atoms with Gasteiger partial charge in [-0.2, -0.15) is 0 Å². The van der Waals surface area contributed by atoms with Crippen molar-refractivity contribution in [3.05, 3.63) is 71.8 Å². The van der Waals surface area contributed by atoms with Gasteiger partial charge < -0.3 is 21.8 Å². The number of hydrogen-bond donors (Lipinski definition) is 4. The number of rotatable bonds is 3. The molecule has 1 fully saturated rings. The molecular weight excluding hydrogens is 314 g/mol. The first kappa shape index (κ1) is 19.1. The summed E-state index contributed by atoms with van der Waals surface area (Å²) in [6.07, 6.45) is 3.87. The fourth-order valence-electron chi connectivity index (χ4n) is 2.86. The second-order valence-corrected chi connectivity index (χ2v) is 6.28. The normalized spacial score (nSPS) is 21.8. The molecule has 0 bridgehead atoms. The Labute approximate surface area is 149 Å². The van der Waals surface area contributed by atoms with Crippen molar-refractivity contribution in [2.45, 2.75) is 43.9 Å². The minimum Gasteiger partial charge on any atom is -0.411 e. The third-order valence-electron chi connectivity index (χ3n) is 4.43. The van der Waals surface area contributed by atoms with E-state index in [2.05, 4.69) is 5.16 Å². The van der Waals surface area contributed by atoms with Crippen molar-refractivity contribution in [1.29, 1.82) is 0 Å². The first-order valence-electron chi connectivity index (χ1n) is 8.65. The summed E-state index contributed by atoms with van der Waals surface area (Å²) in [5.74, 6) is 0. The largest absolute Gasteiger partial charge is 0.411 e. The van der Waals surface area contributed by atoms with Gasteiger partial charge in [0.15, 0.2) is 0 Å². The van der Waals surface area contributed by atoms with E-state index in [4.69, 9.17) is 16.7 Å². The Balaban J connectivity index is 0.000000236. The minimum atomic E-state index is -0.927. The molecule has 2 aromatic carbocycles.